The molecule has 5 nitrogen and oxygen atoms in total. The Morgan fingerprint density at radius 1 is 1.23 bits per heavy atom. The molecular weight excluding hydrogens is 379 g/mol. The second-order valence-electron chi connectivity index (χ2n) is 7.20. The van der Waals surface area contributed by atoms with E-state index in [1.807, 2.05) is 0 Å². The van der Waals surface area contributed by atoms with Crippen molar-refractivity contribution < 1.29 is 23.9 Å². The lowest BCUT2D eigenvalue weighted by atomic mass is 9.80. The molecule has 0 N–H and O–H groups in total. The molecule has 2 saturated carbocycles. The molecule has 3 fully saturated rings. The fourth-order valence-electron chi connectivity index (χ4n) is 4.69. The highest BCUT2D eigenvalue weighted by Crippen LogP contribution is 2.58. The highest BCUT2D eigenvalue weighted by atomic mass is 35.5. The second-order valence-corrected chi connectivity index (χ2v) is 8.01. The Morgan fingerprint density at radius 2 is 1.96 bits per heavy atom. The number of hydrogen-bond acceptors (Lipinski definition) is 5. The van der Waals surface area contributed by atoms with Crippen LogP contribution in [0, 0.1) is 23.7 Å². The third kappa shape index (κ3) is 2.91. The summed E-state index contributed by atoms with van der Waals surface area (Å²) in [7, 11) is 0. The van der Waals surface area contributed by atoms with Crippen LogP contribution < -0.4 is 0 Å². The van der Waals surface area contributed by atoms with E-state index >= 15 is 0 Å². The first-order chi connectivity index (χ1) is 12.5. The van der Waals surface area contributed by atoms with E-state index in [-0.39, 0.29) is 42.0 Å². The van der Waals surface area contributed by atoms with E-state index in [2.05, 4.69) is 0 Å². The Balaban J connectivity index is 1.50. The Labute approximate surface area is 160 Å². The van der Waals surface area contributed by atoms with Gasteiger partial charge in [-0.3, -0.25) is 14.4 Å². The third-order valence-corrected chi connectivity index (χ3v) is 6.28. The van der Waals surface area contributed by atoms with Gasteiger partial charge < -0.3 is 9.47 Å². The summed E-state index contributed by atoms with van der Waals surface area (Å²) in [6.07, 6.45) is 0.724. The van der Waals surface area contributed by atoms with Gasteiger partial charge in [0.1, 0.15) is 6.10 Å². The molecule has 0 amide bonds. The number of fused-ring (bicyclic) bond motifs is 1. The Bertz CT molecular complexity index is 745. The zero-order valence-electron chi connectivity index (χ0n) is 13.9. The van der Waals surface area contributed by atoms with Crippen LogP contribution in [0.25, 0.3) is 0 Å². The molecule has 3 aliphatic rings. The largest absolute Gasteiger partial charge is 0.462 e. The number of ketones is 1. The standard InChI is InChI=1S/C19H18Cl2O5/c20-6-5-13(17(22)9-1-3-11(21)4-2-9)25-18(23)15-10-7-12-14(8-10)26-19(24)16(12)15/h1-4,10,12-16H,5-8H2/t10-,12-,13-,14-,15-,16+/m1/s1. The van der Waals surface area contributed by atoms with Crippen molar-refractivity contribution in [1.29, 1.82) is 0 Å². The van der Waals surface area contributed by atoms with E-state index in [1.54, 1.807) is 24.3 Å². The maximum Gasteiger partial charge on any atom is 0.310 e. The first-order valence-corrected chi connectivity index (χ1v) is 9.67. The predicted octanol–water partition coefficient (Wildman–Crippen LogP) is 3.26. The lowest BCUT2D eigenvalue weighted by Gasteiger charge is -2.25. The summed E-state index contributed by atoms with van der Waals surface area (Å²) in [4.78, 5) is 37.6. The maximum atomic E-state index is 12.8. The second kappa shape index (κ2) is 6.86. The molecular formula is C19H18Cl2O5. The van der Waals surface area contributed by atoms with Crippen LogP contribution in [0.3, 0.4) is 0 Å². The molecule has 26 heavy (non-hydrogen) atoms. The number of carbonyl (C=O) groups excluding carboxylic acids is 3. The van der Waals surface area contributed by atoms with E-state index in [1.165, 1.54) is 0 Å². The van der Waals surface area contributed by atoms with E-state index in [9.17, 15) is 14.4 Å². The number of rotatable bonds is 6. The topological polar surface area (TPSA) is 69.7 Å². The number of benzene rings is 1. The maximum absolute atomic E-state index is 12.8. The molecule has 2 aliphatic carbocycles. The highest BCUT2D eigenvalue weighted by Gasteiger charge is 2.64. The molecule has 7 heteroatoms. The first-order valence-electron chi connectivity index (χ1n) is 8.76. The van der Waals surface area contributed by atoms with E-state index in [0.717, 1.165) is 6.42 Å². The van der Waals surface area contributed by atoms with Crippen molar-refractivity contribution in [3.8, 4) is 0 Å². The van der Waals surface area contributed by atoms with Gasteiger partial charge in [-0.1, -0.05) is 11.6 Å². The van der Waals surface area contributed by atoms with Gasteiger partial charge in [-0.25, -0.2) is 0 Å². The summed E-state index contributed by atoms with van der Waals surface area (Å²) in [6.45, 7) is 0. The lowest BCUT2D eigenvalue weighted by Crippen LogP contribution is -2.37. The summed E-state index contributed by atoms with van der Waals surface area (Å²) >= 11 is 11.7. The monoisotopic (exact) mass is 396 g/mol. The molecule has 0 radical (unpaired) electrons. The van der Waals surface area contributed by atoms with Crippen molar-refractivity contribution in [2.75, 3.05) is 5.88 Å². The summed E-state index contributed by atoms with van der Waals surface area (Å²) in [6, 6.07) is 6.41. The van der Waals surface area contributed by atoms with E-state index in [4.69, 9.17) is 32.7 Å². The van der Waals surface area contributed by atoms with Crippen LogP contribution in [0.15, 0.2) is 24.3 Å². The Kier molecular flexibility index (Phi) is 4.70. The highest BCUT2D eigenvalue weighted by molar-refractivity contribution is 6.30. The van der Waals surface area contributed by atoms with E-state index < -0.39 is 23.9 Å². The average molecular weight is 397 g/mol. The van der Waals surface area contributed by atoms with Crippen LogP contribution in [0.2, 0.25) is 5.02 Å². The van der Waals surface area contributed by atoms with Crippen LogP contribution in [-0.4, -0.2) is 35.8 Å². The van der Waals surface area contributed by atoms with Crippen LogP contribution in [0.1, 0.15) is 29.6 Å². The number of hydrogen-bond donors (Lipinski definition) is 0. The van der Waals surface area contributed by atoms with Gasteiger partial charge in [-0.15, -0.1) is 11.6 Å². The molecule has 1 aromatic rings. The average Bonchev–Trinajstić information content (AvgIpc) is 3.23. The van der Waals surface area contributed by atoms with Gasteiger partial charge in [0, 0.05) is 28.8 Å². The molecule has 1 aliphatic heterocycles. The number of ether oxygens (including phenoxy) is 2. The van der Waals surface area contributed by atoms with Gasteiger partial charge in [-0.05, 0) is 43.0 Å². The molecule has 1 saturated heterocycles. The van der Waals surface area contributed by atoms with Crippen LogP contribution >= 0.6 is 23.2 Å². The molecule has 1 heterocycles. The molecule has 0 aromatic heterocycles. The minimum Gasteiger partial charge on any atom is -0.462 e. The SMILES string of the molecule is O=C(O[C@H](CCCl)C(=O)c1ccc(Cl)cc1)[C@@H]1[C@@H]2C[C@H]3[C@@H]1C(=O)O[C@@H]3C2. The molecule has 138 valence electrons. The number of esters is 2. The quantitative estimate of drug-likeness (QED) is 0.419. The molecule has 1 aromatic carbocycles. The minimum atomic E-state index is -0.964. The smallest absolute Gasteiger partial charge is 0.310 e. The van der Waals surface area contributed by atoms with Crippen LogP contribution in [-0.2, 0) is 19.1 Å². The predicted molar refractivity (Wildman–Crippen MR) is 94.1 cm³/mol. The summed E-state index contributed by atoms with van der Waals surface area (Å²) in [5.41, 5.74) is 0.408. The van der Waals surface area contributed by atoms with Crippen molar-refractivity contribution in [1.82, 2.24) is 0 Å². The number of alkyl halides is 1. The lowest BCUT2D eigenvalue weighted by molar-refractivity contribution is -0.158. The molecule has 6 atom stereocenters. The van der Waals surface area contributed by atoms with Gasteiger partial charge in [0.2, 0.25) is 5.78 Å². The molecule has 2 bridgehead atoms. The first kappa shape index (κ1) is 17.8. The fraction of sp³-hybridized carbons (Fsp3) is 0.526. The van der Waals surface area contributed by atoms with Gasteiger partial charge in [0.15, 0.2) is 6.10 Å². The summed E-state index contributed by atoms with van der Waals surface area (Å²) < 4.78 is 10.9. The van der Waals surface area contributed by atoms with Crippen LogP contribution in [0.4, 0.5) is 0 Å². The molecule has 0 unspecified atom stereocenters. The number of halogens is 2. The third-order valence-electron chi connectivity index (χ3n) is 5.81. The van der Waals surface area contributed by atoms with Crippen molar-refractivity contribution in [2.24, 2.45) is 23.7 Å². The Hall–Kier alpha value is -1.59. The van der Waals surface area contributed by atoms with Crippen LogP contribution in [0.5, 0.6) is 0 Å². The fourth-order valence-corrected chi connectivity index (χ4v) is 5.01. The van der Waals surface area contributed by atoms with E-state index in [0.29, 0.717) is 17.0 Å². The summed E-state index contributed by atoms with van der Waals surface area (Å²) in [5, 5.41) is 0.517. The van der Waals surface area contributed by atoms with Crippen molar-refractivity contribution in [3.05, 3.63) is 34.9 Å². The Morgan fingerprint density at radius 3 is 2.65 bits per heavy atom. The minimum absolute atomic E-state index is 0.0455. The zero-order valence-corrected chi connectivity index (χ0v) is 15.4. The van der Waals surface area contributed by atoms with Gasteiger partial charge in [0.25, 0.3) is 0 Å². The normalized spacial score (nSPS) is 32.4. The van der Waals surface area contributed by atoms with Crippen molar-refractivity contribution in [3.63, 3.8) is 0 Å². The van der Waals surface area contributed by atoms with Gasteiger partial charge >= 0.3 is 11.9 Å². The summed E-state index contributed by atoms with van der Waals surface area (Å²) in [5.74, 6) is -1.65. The van der Waals surface area contributed by atoms with Crippen molar-refractivity contribution in [2.45, 2.75) is 31.5 Å². The number of Topliss-reactive ketones (excluding diaryl/α,β-unsaturated/α-hetero) is 1. The number of carbonyl (C=O) groups is 3. The van der Waals surface area contributed by atoms with Crippen molar-refractivity contribution >= 4 is 40.9 Å². The van der Waals surface area contributed by atoms with Gasteiger partial charge in [0.05, 0.1) is 11.8 Å². The molecule has 4 rings (SSSR count). The zero-order chi connectivity index (χ0) is 18.4. The van der Waals surface area contributed by atoms with Gasteiger partial charge in [-0.2, -0.15) is 0 Å². The molecule has 0 spiro atoms.